The minimum absolute atomic E-state index is 0.0750. The molecule has 0 saturated heterocycles. The minimum atomic E-state index is -0.992. The van der Waals surface area contributed by atoms with Gasteiger partial charge in [-0.2, -0.15) is 5.10 Å². The van der Waals surface area contributed by atoms with Crippen molar-refractivity contribution in [1.82, 2.24) is 10.2 Å². The van der Waals surface area contributed by atoms with E-state index >= 15 is 0 Å². The first-order chi connectivity index (χ1) is 6.52. The van der Waals surface area contributed by atoms with E-state index in [0.717, 1.165) is 6.20 Å². The van der Waals surface area contributed by atoms with Gasteiger partial charge >= 0.3 is 11.7 Å². The normalized spacial score (nSPS) is 12.4. The Morgan fingerprint density at radius 2 is 2.50 bits per heavy atom. The number of carboxylic acid groups (broad SMARTS) is 1. The lowest BCUT2D eigenvalue weighted by Crippen LogP contribution is -2.13. The number of rotatable bonds is 4. The number of aromatic nitrogens is 2. The Labute approximate surface area is 78.9 Å². The summed E-state index contributed by atoms with van der Waals surface area (Å²) in [6, 6.07) is 0. The molecule has 0 radical (unpaired) electrons. The summed E-state index contributed by atoms with van der Waals surface area (Å²) in [5.41, 5.74) is 0.0722. The van der Waals surface area contributed by atoms with Crippen LogP contribution in [0, 0.1) is 16.0 Å². The Hall–Kier alpha value is -1.92. The third-order valence-electron chi connectivity index (χ3n) is 1.82. The average molecular weight is 199 g/mol. The van der Waals surface area contributed by atoms with Crippen molar-refractivity contribution < 1.29 is 14.8 Å². The lowest BCUT2D eigenvalue weighted by atomic mass is 10.1. The molecule has 0 aliphatic heterocycles. The summed E-state index contributed by atoms with van der Waals surface area (Å²) in [7, 11) is 0. The van der Waals surface area contributed by atoms with Gasteiger partial charge in [0.05, 0.1) is 10.8 Å². The molecule has 0 amide bonds. The van der Waals surface area contributed by atoms with Gasteiger partial charge in [-0.1, -0.05) is 6.92 Å². The largest absolute Gasteiger partial charge is 0.481 e. The van der Waals surface area contributed by atoms with Crippen LogP contribution in [0.4, 0.5) is 5.69 Å². The molecule has 0 aromatic carbocycles. The zero-order valence-electron chi connectivity index (χ0n) is 7.43. The molecule has 76 valence electrons. The van der Waals surface area contributed by atoms with E-state index in [9.17, 15) is 14.9 Å². The molecule has 1 aromatic rings. The molecule has 14 heavy (non-hydrogen) atoms. The Balaban J connectivity index is 2.81. The van der Waals surface area contributed by atoms with Crippen molar-refractivity contribution in [2.45, 2.75) is 13.3 Å². The number of carboxylic acids is 1. The summed E-state index contributed by atoms with van der Waals surface area (Å²) in [6.07, 6.45) is 1.15. The van der Waals surface area contributed by atoms with Crippen LogP contribution in [0.3, 0.4) is 0 Å². The molecule has 1 unspecified atom stereocenters. The maximum Gasteiger partial charge on any atom is 0.309 e. The fourth-order valence-corrected chi connectivity index (χ4v) is 1.01. The number of H-pyrrole nitrogens is 1. The first-order valence-corrected chi connectivity index (χ1v) is 3.91. The van der Waals surface area contributed by atoms with E-state index in [1.807, 2.05) is 0 Å². The van der Waals surface area contributed by atoms with E-state index in [1.54, 1.807) is 0 Å². The van der Waals surface area contributed by atoms with Gasteiger partial charge in [0.15, 0.2) is 0 Å². The van der Waals surface area contributed by atoms with Gasteiger partial charge < -0.3 is 5.11 Å². The molecule has 1 aromatic heterocycles. The van der Waals surface area contributed by atoms with Gasteiger partial charge in [-0.3, -0.25) is 20.0 Å². The lowest BCUT2D eigenvalue weighted by Gasteiger charge is -2.02. The first kappa shape index (κ1) is 10.2. The third-order valence-corrected chi connectivity index (χ3v) is 1.82. The van der Waals surface area contributed by atoms with Crippen molar-refractivity contribution >= 4 is 11.7 Å². The van der Waals surface area contributed by atoms with Gasteiger partial charge in [-0.25, -0.2) is 0 Å². The number of nitro groups is 1. The number of nitrogens with one attached hydrogen (secondary N) is 1. The van der Waals surface area contributed by atoms with E-state index in [0.29, 0.717) is 0 Å². The van der Waals surface area contributed by atoms with E-state index in [4.69, 9.17) is 5.11 Å². The van der Waals surface area contributed by atoms with Gasteiger partial charge in [0.1, 0.15) is 11.9 Å². The molecule has 1 atom stereocenters. The van der Waals surface area contributed by atoms with Crippen molar-refractivity contribution in [3.8, 4) is 0 Å². The molecule has 1 heterocycles. The number of carbonyl (C=O) groups is 1. The molecule has 0 fully saturated rings. The van der Waals surface area contributed by atoms with Gasteiger partial charge in [0.25, 0.3) is 0 Å². The van der Waals surface area contributed by atoms with Gasteiger partial charge in [-0.05, 0) is 0 Å². The van der Waals surface area contributed by atoms with Crippen LogP contribution in [0.15, 0.2) is 6.20 Å². The van der Waals surface area contributed by atoms with Crippen LogP contribution in [0.25, 0.3) is 0 Å². The van der Waals surface area contributed by atoms with Crippen LogP contribution >= 0.6 is 0 Å². The highest BCUT2D eigenvalue weighted by molar-refractivity contribution is 5.70. The van der Waals surface area contributed by atoms with Crippen LogP contribution in [0.2, 0.25) is 0 Å². The van der Waals surface area contributed by atoms with E-state index in [-0.39, 0.29) is 17.8 Å². The molecular formula is C7H9N3O4. The van der Waals surface area contributed by atoms with Crippen LogP contribution in [-0.2, 0) is 11.2 Å². The third kappa shape index (κ3) is 2.06. The second-order valence-corrected chi connectivity index (χ2v) is 2.93. The van der Waals surface area contributed by atoms with Gasteiger partial charge in [0, 0.05) is 6.42 Å². The summed E-state index contributed by atoms with van der Waals surface area (Å²) in [4.78, 5) is 20.3. The summed E-state index contributed by atoms with van der Waals surface area (Å²) in [5.74, 6) is -1.66. The predicted octanol–water partition coefficient (Wildman–Crippen LogP) is 0.581. The van der Waals surface area contributed by atoms with E-state index < -0.39 is 16.8 Å². The van der Waals surface area contributed by atoms with Gasteiger partial charge in [-0.15, -0.1) is 0 Å². The standard InChI is InChI=1S/C7H9N3O4/c1-4(7(11)12)2-5-6(10(13)14)3-8-9-5/h3-4H,2H2,1H3,(H,8,9)(H,11,12). The predicted molar refractivity (Wildman–Crippen MR) is 45.7 cm³/mol. The average Bonchev–Trinajstić information content (AvgIpc) is 2.52. The summed E-state index contributed by atoms with van der Waals surface area (Å²) in [5, 5.41) is 25.0. The molecule has 2 N–H and O–H groups in total. The van der Waals surface area contributed by atoms with E-state index in [1.165, 1.54) is 6.92 Å². The van der Waals surface area contributed by atoms with Crippen LogP contribution < -0.4 is 0 Å². The molecule has 0 saturated carbocycles. The zero-order valence-corrected chi connectivity index (χ0v) is 7.43. The second kappa shape index (κ2) is 3.86. The maximum absolute atomic E-state index is 10.5. The number of nitrogens with zero attached hydrogens (tertiary/aromatic N) is 2. The van der Waals surface area contributed by atoms with Crippen LogP contribution in [-0.4, -0.2) is 26.2 Å². The Kier molecular flexibility index (Phi) is 2.80. The fourth-order valence-electron chi connectivity index (χ4n) is 1.01. The molecule has 0 aliphatic carbocycles. The smallest absolute Gasteiger partial charge is 0.309 e. The number of hydrogen-bond acceptors (Lipinski definition) is 4. The first-order valence-electron chi connectivity index (χ1n) is 3.91. The summed E-state index contributed by atoms with van der Waals surface area (Å²) in [6.45, 7) is 1.48. The minimum Gasteiger partial charge on any atom is -0.481 e. The Morgan fingerprint density at radius 3 is 3.00 bits per heavy atom. The lowest BCUT2D eigenvalue weighted by molar-refractivity contribution is -0.385. The number of aromatic amines is 1. The molecule has 0 aliphatic rings. The molecule has 7 nitrogen and oxygen atoms in total. The Bertz CT molecular complexity index is 360. The van der Waals surface area contributed by atoms with Crippen LogP contribution in [0.5, 0.6) is 0 Å². The molecule has 0 bridgehead atoms. The maximum atomic E-state index is 10.5. The topological polar surface area (TPSA) is 109 Å². The summed E-state index contributed by atoms with van der Waals surface area (Å²) < 4.78 is 0. The van der Waals surface area contributed by atoms with Gasteiger partial charge in [0.2, 0.25) is 0 Å². The molecule has 7 heteroatoms. The van der Waals surface area contributed by atoms with Crippen LogP contribution in [0.1, 0.15) is 12.6 Å². The van der Waals surface area contributed by atoms with E-state index in [2.05, 4.69) is 10.2 Å². The molecule has 0 spiro atoms. The van der Waals surface area contributed by atoms with Crippen molar-refractivity contribution in [3.05, 3.63) is 22.0 Å². The van der Waals surface area contributed by atoms with Crippen molar-refractivity contribution in [2.75, 3.05) is 0 Å². The second-order valence-electron chi connectivity index (χ2n) is 2.93. The van der Waals surface area contributed by atoms with Crippen molar-refractivity contribution in [2.24, 2.45) is 5.92 Å². The number of aliphatic carboxylic acids is 1. The quantitative estimate of drug-likeness (QED) is 0.544. The highest BCUT2D eigenvalue weighted by Gasteiger charge is 2.21. The number of hydrogen-bond donors (Lipinski definition) is 2. The highest BCUT2D eigenvalue weighted by atomic mass is 16.6. The fraction of sp³-hybridized carbons (Fsp3) is 0.429. The van der Waals surface area contributed by atoms with Crippen molar-refractivity contribution in [1.29, 1.82) is 0 Å². The SMILES string of the molecule is CC(Cc1[nH]ncc1[N+](=O)[O-])C(=O)O. The summed E-state index contributed by atoms with van der Waals surface area (Å²) >= 11 is 0. The molecular weight excluding hydrogens is 190 g/mol. The van der Waals surface area contributed by atoms with Crippen molar-refractivity contribution in [3.63, 3.8) is 0 Å². The monoisotopic (exact) mass is 199 g/mol. The Morgan fingerprint density at radius 1 is 1.86 bits per heavy atom. The highest BCUT2D eigenvalue weighted by Crippen LogP contribution is 2.18. The zero-order chi connectivity index (χ0) is 10.7. The molecule has 1 rings (SSSR count).